The molecule has 15 nitrogen and oxygen atoms in total. The van der Waals surface area contributed by atoms with Crippen molar-refractivity contribution in [1.29, 1.82) is 0 Å². The Morgan fingerprint density at radius 1 is 0.667 bits per heavy atom. The molecule has 3 aliphatic rings. The molecule has 4 aromatic rings. The predicted octanol–water partition coefficient (Wildman–Crippen LogP) is 4.67. The standard InChI is InChI=1S/C48H53NO14/c1-30(50)55-28-39-43(58-31(2)51)45(59-32(3)52)41(47(61-39)57-27-35-20-12-6-13-21-35)49-40(53)29-56-38-26-48(54,25-34-18-10-5-11-19-34)63-44-37(24-33-16-8-4-9-17-33)60-46(62-42(38)44)36-22-14-7-15-23-36/h4-23,37-39,41-47,54H,24-29H2,1-3H3,(H,49,53)/t37-,38-,39-,41+,42+,43-,44-,45-,46?,47+,48+/m1/s1. The number of nitrogens with one attached hydrogen (secondary N) is 1. The summed E-state index contributed by atoms with van der Waals surface area (Å²) in [5.74, 6) is -4.55. The summed E-state index contributed by atoms with van der Waals surface area (Å²) in [5.41, 5.74) is 3.33. The van der Waals surface area contributed by atoms with E-state index in [1.807, 2.05) is 121 Å². The van der Waals surface area contributed by atoms with Crippen LogP contribution < -0.4 is 5.32 Å². The van der Waals surface area contributed by atoms with Crippen LogP contribution in [0.5, 0.6) is 0 Å². The first-order valence-corrected chi connectivity index (χ1v) is 21.0. The van der Waals surface area contributed by atoms with Gasteiger partial charge in [0.15, 0.2) is 30.6 Å². The number of hydrogen-bond donors (Lipinski definition) is 2. The quantitative estimate of drug-likeness (QED) is 0.117. The minimum Gasteiger partial charge on any atom is -0.463 e. The topological polar surface area (TPSA) is 184 Å². The zero-order valence-corrected chi connectivity index (χ0v) is 35.3. The fourth-order valence-electron chi connectivity index (χ4n) is 8.20. The highest BCUT2D eigenvalue weighted by molar-refractivity contribution is 5.78. The molecule has 3 saturated heterocycles. The van der Waals surface area contributed by atoms with Crippen molar-refractivity contribution in [1.82, 2.24) is 5.32 Å². The second-order valence-corrected chi connectivity index (χ2v) is 15.8. The third-order valence-electron chi connectivity index (χ3n) is 10.9. The highest BCUT2D eigenvalue weighted by atomic mass is 16.7. The fourth-order valence-corrected chi connectivity index (χ4v) is 8.20. The lowest BCUT2D eigenvalue weighted by atomic mass is 9.86. The van der Waals surface area contributed by atoms with Gasteiger partial charge in [-0.05, 0) is 16.7 Å². The number of esters is 3. The van der Waals surface area contributed by atoms with E-state index in [0.717, 1.165) is 22.3 Å². The largest absolute Gasteiger partial charge is 0.463 e. The van der Waals surface area contributed by atoms with Crippen LogP contribution in [-0.2, 0) is 81.3 Å². The molecule has 0 spiro atoms. The maximum atomic E-state index is 14.2. The van der Waals surface area contributed by atoms with Crippen molar-refractivity contribution < 1.29 is 66.9 Å². The van der Waals surface area contributed by atoms with Gasteiger partial charge in [0.2, 0.25) is 5.91 Å². The molecule has 63 heavy (non-hydrogen) atoms. The van der Waals surface area contributed by atoms with Gasteiger partial charge in [0, 0.05) is 45.6 Å². The first-order chi connectivity index (χ1) is 30.4. The highest BCUT2D eigenvalue weighted by Gasteiger charge is 2.55. The number of carbonyl (C=O) groups excluding carboxylic acids is 4. The molecule has 4 aromatic carbocycles. The Bertz CT molecular complexity index is 2110. The molecule has 0 radical (unpaired) electrons. The van der Waals surface area contributed by atoms with Crippen molar-refractivity contribution in [2.75, 3.05) is 13.2 Å². The molecule has 1 unspecified atom stereocenters. The van der Waals surface area contributed by atoms with Crippen LogP contribution in [0.4, 0.5) is 0 Å². The summed E-state index contributed by atoms with van der Waals surface area (Å²) in [6, 6.07) is 36.5. The number of amides is 1. The van der Waals surface area contributed by atoms with Crippen LogP contribution in [0.3, 0.4) is 0 Å². The molecule has 15 heteroatoms. The Hall–Kier alpha value is -5.52. The molecule has 11 atom stereocenters. The van der Waals surface area contributed by atoms with Gasteiger partial charge in [-0.25, -0.2) is 0 Å². The lowest BCUT2D eigenvalue weighted by Gasteiger charge is -2.52. The molecule has 2 N–H and O–H groups in total. The van der Waals surface area contributed by atoms with Gasteiger partial charge in [-0.15, -0.1) is 0 Å². The van der Waals surface area contributed by atoms with Crippen LogP contribution in [0.15, 0.2) is 121 Å². The van der Waals surface area contributed by atoms with Crippen molar-refractivity contribution in [2.24, 2.45) is 0 Å². The number of aliphatic hydroxyl groups is 1. The lowest BCUT2D eigenvalue weighted by molar-refractivity contribution is -0.385. The Morgan fingerprint density at radius 2 is 1.25 bits per heavy atom. The molecular formula is C48H53NO14. The summed E-state index contributed by atoms with van der Waals surface area (Å²) in [5, 5.41) is 15.1. The van der Waals surface area contributed by atoms with E-state index in [1.165, 1.54) is 20.8 Å². The van der Waals surface area contributed by atoms with Gasteiger partial charge in [0.05, 0.1) is 18.8 Å². The molecular weight excluding hydrogens is 815 g/mol. The SMILES string of the molecule is CC(=O)OC[C@H]1O[C@H](OCc2ccccc2)[C@@H](NC(=O)CO[C@@H]2C[C@](O)(Cc3ccccc3)O[C@H]3[C@H]2OC(c2ccccc2)O[C@@H]3Cc2ccccc2)[C@@H](OC(C)=O)[C@@H]1OC(C)=O. The zero-order chi connectivity index (χ0) is 44.3. The molecule has 334 valence electrons. The van der Waals surface area contributed by atoms with Crippen molar-refractivity contribution >= 4 is 23.8 Å². The van der Waals surface area contributed by atoms with Crippen LogP contribution in [0.1, 0.15) is 55.7 Å². The van der Waals surface area contributed by atoms with Crippen LogP contribution >= 0.6 is 0 Å². The average molecular weight is 868 g/mol. The maximum Gasteiger partial charge on any atom is 0.303 e. The van der Waals surface area contributed by atoms with Crippen molar-refractivity contribution in [3.05, 3.63) is 144 Å². The van der Waals surface area contributed by atoms with Crippen molar-refractivity contribution in [3.8, 4) is 0 Å². The summed E-state index contributed by atoms with van der Waals surface area (Å²) in [4.78, 5) is 51.2. The fraction of sp³-hybridized carbons (Fsp3) is 0.417. The zero-order valence-electron chi connectivity index (χ0n) is 35.3. The van der Waals surface area contributed by atoms with Crippen LogP contribution in [0.2, 0.25) is 0 Å². The number of hydrogen-bond acceptors (Lipinski definition) is 14. The summed E-state index contributed by atoms with van der Waals surface area (Å²) in [6.45, 7) is 2.61. The Morgan fingerprint density at radius 3 is 1.87 bits per heavy atom. The third kappa shape index (κ3) is 12.4. The minimum absolute atomic E-state index is 0.0109. The lowest BCUT2D eigenvalue weighted by Crippen LogP contribution is -2.67. The first-order valence-electron chi connectivity index (χ1n) is 21.0. The average Bonchev–Trinajstić information content (AvgIpc) is 3.27. The minimum atomic E-state index is -1.76. The van der Waals surface area contributed by atoms with Crippen molar-refractivity contribution in [2.45, 2.75) is 114 Å². The molecule has 0 aliphatic carbocycles. The number of benzene rings is 4. The molecule has 3 fully saturated rings. The van der Waals surface area contributed by atoms with Crippen LogP contribution in [0.25, 0.3) is 0 Å². The van der Waals surface area contributed by atoms with Gasteiger partial charge >= 0.3 is 17.9 Å². The number of ether oxygens (including phenoxy) is 9. The van der Waals surface area contributed by atoms with Crippen LogP contribution in [-0.4, -0.2) is 103 Å². The second kappa shape index (κ2) is 21.2. The Labute approximate surface area is 365 Å². The van der Waals surface area contributed by atoms with Gasteiger partial charge in [-0.2, -0.15) is 0 Å². The normalized spacial score (nSPS) is 29.1. The number of rotatable bonds is 16. The molecule has 0 aromatic heterocycles. The van der Waals surface area contributed by atoms with Gasteiger partial charge in [0.1, 0.15) is 37.6 Å². The molecule has 0 bridgehead atoms. The molecule has 3 aliphatic heterocycles. The molecule has 1 amide bonds. The predicted molar refractivity (Wildman–Crippen MR) is 223 cm³/mol. The van der Waals surface area contributed by atoms with E-state index in [2.05, 4.69) is 5.32 Å². The van der Waals surface area contributed by atoms with Gasteiger partial charge in [-0.1, -0.05) is 121 Å². The second-order valence-electron chi connectivity index (χ2n) is 15.8. The van der Waals surface area contributed by atoms with E-state index in [-0.39, 0.29) is 26.1 Å². The van der Waals surface area contributed by atoms with Crippen molar-refractivity contribution in [3.63, 3.8) is 0 Å². The monoisotopic (exact) mass is 867 g/mol. The van der Waals surface area contributed by atoms with E-state index >= 15 is 0 Å². The Balaban J connectivity index is 1.17. The van der Waals surface area contributed by atoms with Gasteiger partial charge in [0.25, 0.3) is 0 Å². The van der Waals surface area contributed by atoms with E-state index in [1.54, 1.807) is 0 Å². The van der Waals surface area contributed by atoms with Crippen LogP contribution in [0, 0.1) is 0 Å². The van der Waals surface area contributed by atoms with E-state index in [0.29, 0.717) is 6.42 Å². The molecule has 7 rings (SSSR count). The summed E-state index contributed by atoms with van der Waals surface area (Å²) in [6.07, 6.45) is -8.68. The van der Waals surface area contributed by atoms with E-state index in [4.69, 9.17) is 42.6 Å². The summed E-state index contributed by atoms with van der Waals surface area (Å²) < 4.78 is 55.4. The summed E-state index contributed by atoms with van der Waals surface area (Å²) in [7, 11) is 0. The third-order valence-corrected chi connectivity index (χ3v) is 10.9. The van der Waals surface area contributed by atoms with E-state index < -0.39 is 97.6 Å². The summed E-state index contributed by atoms with van der Waals surface area (Å²) >= 11 is 0. The first kappa shape index (κ1) is 45.5. The Kier molecular flexibility index (Phi) is 15.3. The number of carbonyl (C=O) groups is 4. The molecule has 0 saturated carbocycles. The smallest absolute Gasteiger partial charge is 0.303 e. The van der Waals surface area contributed by atoms with Gasteiger partial charge < -0.3 is 53.1 Å². The molecule has 3 heterocycles. The van der Waals surface area contributed by atoms with E-state index in [9.17, 15) is 24.3 Å². The number of fused-ring (bicyclic) bond motifs is 1. The maximum absolute atomic E-state index is 14.2. The highest BCUT2D eigenvalue weighted by Crippen LogP contribution is 2.43. The van der Waals surface area contributed by atoms with Gasteiger partial charge in [-0.3, -0.25) is 19.2 Å².